The molecule has 0 bridgehead atoms. The fraction of sp³-hybridized carbons (Fsp3) is 0.429. The Bertz CT molecular complexity index is 620. The van der Waals surface area contributed by atoms with Crippen LogP contribution in [0.4, 0.5) is 0 Å². The number of carbonyl (C=O) groups is 1. The van der Waals surface area contributed by atoms with Crippen LogP contribution in [-0.2, 0) is 4.74 Å². The minimum Gasteiger partial charge on any atom is -0.478 e. The predicted molar refractivity (Wildman–Crippen MR) is 70.4 cm³/mol. The van der Waals surface area contributed by atoms with Gasteiger partial charge in [-0.25, -0.2) is 9.78 Å². The maximum atomic E-state index is 11.3. The van der Waals surface area contributed by atoms with E-state index in [9.17, 15) is 9.90 Å². The van der Waals surface area contributed by atoms with Crippen LogP contribution in [0.15, 0.2) is 24.5 Å². The first-order valence-corrected chi connectivity index (χ1v) is 6.47. The summed E-state index contributed by atoms with van der Waals surface area (Å²) in [5.74, 6) is -0.910. The van der Waals surface area contributed by atoms with Crippen molar-refractivity contribution >= 4 is 17.0 Å². The molecule has 19 heavy (non-hydrogen) atoms. The number of carboxylic acids is 1. The summed E-state index contributed by atoms with van der Waals surface area (Å²) >= 11 is 0. The zero-order valence-electron chi connectivity index (χ0n) is 10.7. The summed E-state index contributed by atoms with van der Waals surface area (Å²) in [4.78, 5) is 15.7. The van der Waals surface area contributed by atoms with Crippen molar-refractivity contribution in [2.24, 2.45) is 0 Å². The minimum absolute atomic E-state index is 0.202. The Labute approximate surface area is 110 Å². The molecule has 1 fully saturated rings. The normalized spacial score (nSPS) is 23.6. The van der Waals surface area contributed by atoms with Crippen LogP contribution < -0.4 is 0 Å². The van der Waals surface area contributed by atoms with Gasteiger partial charge in [0.1, 0.15) is 0 Å². The van der Waals surface area contributed by atoms with Gasteiger partial charge in [-0.15, -0.1) is 0 Å². The molecule has 0 amide bonds. The number of aromatic nitrogens is 2. The van der Waals surface area contributed by atoms with Crippen molar-refractivity contribution in [3.8, 4) is 0 Å². The monoisotopic (exact) mass is 260 g/mol. The second kappa shape index (κ2) is 4.66. The molecule has 1 aliphatic rings. The second-order valence-corrected chi connectivity index (χ2v) is 4.99. The molecule has 1 saturated heterocycles. The van der Waals surface area contributed by atoms with Crippen LogP contribution in [0.1, 0.15) is 36.2 Å². The van der Waals surface area contributed by atoms with Crippen molar-refractivity contribution in [1.29, 1.82) is 0 Å². The Hall–Kier alpha value is -1.88. The Balaban J connectivity index is 2.11. The van der Waals surface area contributed by atoms with E-state index in [0.717, 1.165) is 18.4 Å². The van der Waals surface area contributed by atoms with E-state index in [4.69, 9.17) is 4.74 Å². The number of nitrogens with zero attached hydrogens (tertiary/aromatic N) is 2. The Morgan fingerprint density at radius 2 is 2.37 bits per heavy atom. The average Bonchev–Trinajstić information content (AvgIpc) is 2.82. The number of benzene rings is 1. The fourth-order valence-corrected chi connectivity index (χ4v) is 2.77. The third kappa shape index (κ3) is 2.10. The van der Waals surface area contributed by atoms with Crippen molar-refractivity contribution in [2.75, 3.05) is 6.61 Å². The summed E-state index contributed by atoms with van der Waals surface area (Å²) in [6, 6.07) is 5.47. The van der Waals surface area contributed by atoms with Gasteiger partial charge in [0.05, 0.1) is 29.0 Å². The van der Waals surface area contributed by atoms with Gasteiger partial charge in [-0.05, 0) is 31.9 Å². The highest BCUT2D eigenvalue weighted by Crippen LogP contribution is 2.29. The Morgan fingerprint density at radius 1 is 1.53 bits per heavy atom. The number of carboxylic acid groups (broad SMARTS) is 1. The lowest BCUT2D eigenvalue weighted by Crippen LogP contribution is -2.25. The number of aromatic carboxylic acids is 1. The van der Waals surface area contributed by atoms with Crippen molar-refractivity contribution in [2.45, 2.75) is 31.9 Å². The molecule has 3 rings (SSSR count). The third-order valence-corrected chi connectivity index (χ3v) is 3.68. The predicted octanol–water partition coefficient (Wildman–Crippen LogP) is 2.47. The molecule has 2 heterocycles. The van der Waals surface area contributed by atoms with E-state index in [2.05, 4.69) is 4.98 Å². The lowest BCUT2D eigenvalue weighted by molar-refractivity contribution is 0.00670. The van der Waals surface area contributed by atoms with Crippen LogP contribution in [0.3, 0.4) is 0 Å². The van der Waals surface area contributed by atoms with E-state index in [-0.39, 0.29) is 12.1 Å². The minimum atomic E-state index is -0.910. The molecule has 5 heteroatoms. The standard InChI is InChI=1S/C14H16N2O3/c1-9-7-10(5-6-19-9)16-8-15-12-4-2-3-11(13(12)16)14(17)18/h2-4,8-10H,5-7H2,1H3,(H,17,18). The van der Waals surface area contributed by atoms with Crippen molar-refractivity contribution in [3.05, 3.63) is 30.1 Å². The van der Waals surface area contributed by atoms with Crippen LogP contribution in [0.5, 0.6) is 0 Å². The smallest absolute Gasteiger partial charge is 0.337 e. The lowest BCUT2D eigenvalue weighted by atomic mass is 10.0. The maximum Gasteiger partial charge on any atom is 0.337 e. The van der Waals surface area contributed by atoms with Crippen molar-refractivity contribution < 1.29 is 14.6 Å². The molecule has 1 aromatic heterocycles. The van der Waals surface area contributed by atoms with E-state index in [1.165, 1.54) is 0 Å². The average molecular weight is 260 g/mol. The van der Waals surface area contributed by atoms with Gasteiger partial charge in [-0.1, -0.05) is 6.07 Å². The van der Waals surface area contributed by atoms with E-state index in [1.54, 1.807) is 18.5 Å². The molecule has 5 nitrogen and oxygen atoms in total. The zero-order valence-corrected chi connectivity index (χ0v) is 10.7. The highest BCUT2D eigenvalue weighted by atomic mass is 16.5. The highest BCUT2D eigenvalue weighted by Gasteiger charge is 2.24. The number of imidazole rings is 1. The van der Waals surface area contributed by atoms with Crippen molar-refractivity contribution in [3.63, 3.8) is 0 Å². The van der Waals surface area contributed by atoms with Gasteiger partial charge in [0.2, 0.25) is 0 Å². The molecule has 2 aromatic rings. The summed E-state index contributed by atoms with van der Waals surface area (Å²) in [7, 11) is 0. The third-order valence-electron chi connectivity index (χ3n) is 3.68. The summed E-state index contributed by atoms with van der Waals surface area (Å²) in [5.41, 5.74) is 1.77. The molecule has 2 atom stereocenters. The number of ether oxygens (including phenoxy) is 1. The van der Waals surface area contributed by atoms with Gasteiger partial charge in [-0.3, -0.25) is 0 Å². The SMILES string of the molecule is CC1CC(n2cnc3cccc(C(=O)O)c32)CCO1. The first-order chi connectivity index (χ1) is 9.16. The number of para-hydroxylation sites is 1. The summed E-state index contributed by atoms with van der Waals surface area (Å²) in [6.45, 7) is 2.75. The summed E-state index contributed by atoms with van der Waals surface area (Å²) < 4.78 is 7.54. The zero-order chi connectivity index (χ0) is 13.4. The number of fused-ring (bicyclic) bond motifs is 1. The quantitative estimate of drug-likeness (QED) is 0.901. The van der Waals surface area contributed by atoms with E-state index < -0.39 is 5.97 Å². The van der Waals surface area contributed by atoms with Gasteiger partial charge in [-0.2, -0.15) is 0 Å². The largest absolute Gasteiger partial charge is 0.478 e. The molecule has 2 unspecified atom stereocenters. The van der Waals surface area contributed by atoms with Crippen molar-refractivity contribution in [1.82, 2.24) is 9.55 Å². The Kier molecular flexibility index (Phi) is 2.98. The molecule has 100 valence electrons. The van der Waals surface area contributed by atoms with Crippen LogP contribution in [0.2, 0.25) is 0 Å². The first-order valence-electron chi connectivity index (χ1n) is 6.47. The number of hydrogen-bond donors (Lipinski definition) is 1. The second-order valence-electron chi connectivity index (χ2n) is 4.99. The van der Waals surface area contributed by atoms with Gasteiger partial charge < -0.3 is 14.4 Å². The molecule has 0 radical (unpaired) electrons. The summed E-state index contributed by atoms with van der Waals surface area (Å²) in [5, 5.41) is 9.31. The van der Waals surface area contributed by atoms with Crippen LogP contribution in [-0.4, -0.2) is 33.3 Å². The van der Waals surface area contributed by atoms with Crippen LogP contribution in [0.25, 0.3) is 11.0 Å². The molecule has 1 aromatic carbocycles. The van der Waals surface area contributed by atoms with Crippen LogP contribution >= 0.6 is 0 Å². The number of rotatable bonds is 2. The molecule has 1 N–H and O–H groups in total. The summed E-state index contributed by atoms with van der Waals surface area (Å²) in [6.07, 6.45) is 3.73. The van der Waals surface area contributed by atoms with E-state index >= 15 is 0 Å². The van der Waals surface area contributed by atoms with Crippen LogP contribution in [0, 0.1) is 0 Å². The highest BCUT2D eigenvalue weighted by molar-refractivity contribution is 6.01. The van der Waals surface area contributed by atoms with E-state index in [0.29, 0.717) is 17.7 Å². The molecule has 0 saturated carbocycles. The molecular formula is C14H16N2O3. The molecule has 0 aliphatic carbocycles. The topological polar surface area (TPSA) is 64.4 Å². The van der Waals surface area contributed by atoms with E-state index in [1.807, 2.05) is 17.6 Å². The number of hydrogen-bond acceptors (Lipinski definition) is 3. The first kappa shape index (κ1) is 12.2. The van der Waals surface area contributed by atoms with Gasteiger partial charge in [0.25, 0.3) is 0 Å². The molecular weight excluding hydrogens is 244 g/mol. The Morgan fingerprint density at radius 3 is 3.11 bits per heavy atom. The van der Waals surface area contributed by atoms with Gasteiger partial charge in [0, 0.05) is 12.6 Å². The van der Waals surface area contributed by atoms with Gasteiger partial charge >= 0.3 is 5.97 Å². The van der Waals surface area contributed by atoms with Gasteiger partial charge in [0.15, 0.2) is 0 Å². The molecule has 0 spiro atoms. The maximum absolute atomic E-state index is 11.3. The fourth-order valence-electron chi connectivity index (χ4n) is 2.77. The molecule has 1 aliphatic heterocycles. The lowest BCUT2D eigenvalue weighted by Gasteiger charge is -2.28.